The number of amides is 1. The van der Waals surface area contributed by atoms with E-state index in [9.17, 15) is 9.36 Å². The first-order valence-electron chi connectivity index (χ1n) is 1.33. The van der Waals surface area contributed by atoms with Gasteiger partial charge in [0.15, 0.2) is 0 Å². The topological polar surface area (TPSA) is 89.6 Å². The summed E-state index contributed by atoms with van der Waals surface area (Å²) in [6, 6.07) is 0. The second-order valence-corrected chi connectivity index (χ2v) is 1.42. The summed E-state index contributed by atoms with van der Waals surface area (Å²) in [6.07, 6.45) is -1.23. The van der Waals surface area contributed by atoms with E-state index >= 15 is 0 Å². The second kappa shape index (κ2) is 2.60. The van der Waals surface area contributed by atoms with Gasteiger partial charge in [-0.25, -0.2) is 9.36 Å². The summed E-state index contributed by atoms with van der Waals surface area (Å²) in [5, 5.41) is 0. The Balaban J connectivity index is 3.32. The van der Waals surface area contributed by atoms with Crippen molar-refractivity contribution < 1.29 is 18.8 Å². The molecule has 1 unspecified atom stereocenters. The molecule has 0 saturated carbocycles. The lowest BCUT2D eigenvalue weighted by Crippen LogP contribution is -2.07. The zero-order valence-electron chi connectivity index (χ0n) is 3.25. The van der Waals surface area contributed by atoms with Crippen LogP contribution in [0.1, 0.15) is 0 Å². The lowest BCUT2D eigenvalue weighted by Gasteiger charge is -1.88. The van der Waals surface area contributed by atoms with Gasteiger partial charge in [0.05, 0.1) is 0 Å². The van der Waals surface area contributed by atoms with Gasteiger partial charge >= 0.3 is 14.3 Å². The molecule has 0 radical (unpaired) electrons. The standard InChI is InChI=1S/CH4NO4P/c2-1(3)6-7(4)5/h7H,(H2,2,3)(H,4,5). The molecule has 7 heavy (non-hydrogen) atoms. The lowest BCUT2D eigenvalue weighted by atomic mass is 11.3. The van der Waals surface area contributed by atoms with Crippen molar-refractivity contribution in [2.45, 2.75) is 0 Å². The highest BCUT2D eigenvalue weighted by atomic mass is 31.1. The molecule has 0 saturated heterocycles. The van der Waals surface area contributed by atoms with Gasteiger partial charge in [-0.3, -0.25) is 0 Å². The summed E-state index contributed by atoms with van der Waals surface area (Å²) >= 11 is 0. The van der Waals surface area contributed by atoms with Crippen molar-refractivity contribution in [1.29, 1.82) is 0 Å². The molecule has 0 fully saturated rings. The van der Waals surface area contributed by atoms with Gasteiger partial charge in [0.1, 0.15) is 0 Å². The summed E-state index contributed by atoms with van der Waals surface area (Å²) in [4.78, 5) is 17.2. The molecule has 0 spiro atoms. The molecule has 0 bridgehead atoms. The van der Waals surface area contributed by atoms with Gasteiger partial charge in [0.25, 0.3) is 0 Å². The first kappa shape index (κ1) is 6.46. The summed E-state index contributed by atoms with van der Waals surface area (Å²) in [5.41, 5.74) is 4.30. The zero-order valence-corrected chi connectivity index (χ0v) is 4.25. The van der Waals surface area contributed by atoms with E-state index in [0.29, 0.717) is 0 Å². The van der Waals surface area contributed by atoms with Crippen molar-refractivity contribution in [3.8, 4) is 0 Å². The Bertz CT molecular complexity index is 87.9. The van der Waals surface area contributed by atoms with Crippen LogP contribution in [0.2, 0.25) is 0 Å². The Morgan fingerprint density at radius 3 is 2.29 bits per heavy atom. The average molecular weight is 125 g/mol. The maximum absolute atomic E-state index is 9.48. The van der Waals surface area contributed by atoms with E-state index < -0.39 is 14.3 Å². The van der Waals surface area contributed by atoms with E-state index in [2.05, 4.69) is 10.3 Å². The van der Waals surface area contributed by atoms with Gasteiger partial charge in [0.2, 0.25) is 0 Å². The van der Waals surface area contributed by atoms with Crippen LogP contribution in [-0.2, 0) is 9.09 Å². The molecular formula is CH4NO4P. The van der Waals surface area contributed by atoms with Gasteiger partial charge < -0.3 is 15.2 Å². The molecule has 1 atom stereocenters. The van der Waals surface area contributed by atoms with Crippen LogP contribution in [-0.4, -0.2) is 11.0 Å². The number of carbonyl (C=O) groups is 1. The summed E-state index contributed by atoms with van der Waals surface area (Å²) in [7, 11) is -3.16. The lowest BCUT2D eigenvalue weighted by molar-refractivity contribution is 0.207. The summed E-state index contributed by atoms with van der Waals surface area (Å²) in [5.74, 6) is 0. The van der Waals surface area contributed by atoms with E-state index in [-0.39, 0.29) is 0 Å². The third-order valence-corrected chi connectivity index (χ3v) is 0.564. The molecule has 0 heterocycles. The minimum Gasteiger partial charge on any atom is -0.377 e. The fourth-order valence-corrected chi connectivity index (χ4v) is 0.258. The number of carbonyl (C=O) groups excluding carboxylic acids is 1. The van der Waals surface area contributed by atoms with Crippen molar-refractivity contribution in [1.82, 2.24) is 0 Å². The number of rotatable bonds is 1. The van der Waals surface area contributed by atoms with Gasteiger partial charge in [-0.1, -0.05) is 0 Å². The maximum Gasteiger partial charge on any atom is 0.410 e. The predicted octanol–water partition coefficient (Wildman–Crippen LogP) is -0.536. The molecule has 0 aliphatic rings. The van der Waals surface area contributed by atoms with E-state index in [1.54, 1.807) is 0 Å². The van der Waals surface area contributed by atoms with E-state index in [1.165, 1.54) is 0 Å². The van der Waals surface area contributed by atoms with Crippen LogP contribution in [0.5, 0.6) is 0 Å². The zero-order chi connectivity index (χ0) is 5.86. The van der Waals surface area contributed by atoms with Crippen LogP contribution >= 0.6 is 8.25 Å². The molecular weight excluding hydrogens is 121 g/mol. The van der Waals surface area contributed by atoms with Gasteiger partial charge in [0, 0.05) is 0 Å². The predicted molar refractivity (Wildman–Crippen MR) is 21.9 cm³/mol. The van der Waals surface area contributed by atoms with Crippen molar-refractivity contribution in [3.63, 3.8) is 0 Å². The first-order chi connectivity index (χ1) is 3.13. The molecule has 6 heteroatoms. The summed E-state index contributed by atoms with van der Waals surface area (Å²) < 4.78 is 13.0. The molecule has 1 amide bonds. The fourth-order valence-electron chi connectivity index (χ4n) is 0.0861. The Morgan fingerprint density at radius 2 is 2.29 bits per heavy atom. The van der Waals surface area contributed by atoms with Crippen LogP contribution in [0, 0.1) is 0 Å². The van der Waals surface area contributed by atoms with Crippen molar-refractivity contribution in [2.24, 2.45) is 5.73 Å². The molecule has 5 nitrogen and oxygen atoms in total. The minimum absolute atomic E-state index is 1.23. The first-order valence-corrected chi connectivity index (χ1v) is 2.59. The average Bonchev–Trinajstić information content (AvgIpc) is 1.27. The quantitative estimate of drug-likeness (QED) is 0.460. The van der Waals surface area contributed by atoms with Gasteiger partial charge in [-0.2, -0.15) is 0 Å². The molecule has 0 aromatic rings. The molecule has 0 aromatic heterocycles. The second-order valence-electron chi connectivity index (χ2n) is 0.687. The van der Waals surface area contributed by atoms with Crippen LogP contribution < -0.4 is 5.73 Å². The molecule has 3 N–H and O–H groups in total. The third kappa shape index (κ3) is 5.46. The Hall–Kier alpha value is -0.540. The third-order valence-electron chi connectivity index (χ3n) is 0.188. The van der Waals surface area contributed by atoms with Crippen LogP contribution in [0.4, 0.5) is 4.79 Å². The smallest absolute Gasteiger partial charge is 0.377 e. The van der Waals surface area contributed by atoms with Crippen molar-refractivity contribution in [3.05, 3.63) is 0 Å². The highest BCUT2D eigenvalue weighted by Crippen LogP contribution is 2.12. The van der Waals surface area contributed by atoms with E-state index in [0.717, 1.165) is 0 Å². The maximum atomic E-state index is 9.48. The van der Waals surface area contributed by atoms with E-state index in [4.69, 9.17) is 4.89 Å². The van der Waals surface area contributed by atoms with Crippen LogP contribution in [0.15, 0.2) is 0 Å². The number of hydrogen-bond donors (Lipinski definition) is 2. The van der Waals surface area contributed by atoms with Crippen LogP contribution in [0.25, 0.3) is 0 Å². The highest BCUT2D eigenvalue weighted by Gasteiger charge is 1.93. The number of primary amides is 1. The highest BCUT2D eigenvalue weighted by molar-refractivity contribution is 7.32. The number of nitrogens with two attached hydrogens (primary N) is 1. The van der Waals surface area contributed by atoms with Gasteiger partial charge in [-0.15, -0.1) is 0 Å². The van der Waals surface area contributed by atoms with Crippen molar-refractivity contribution >= 4 is 14.3 Å². The van der Waals surface area contributed by atoms with Crippen LogP contribution in [0.3, 0.4) is 0 Å². The number of hydrogen-bond acceptors (Lipinski definition) is 3. The summed E-state index contributed by atoms with van der Waals surface area (Å²) in [6.45, 7) is 0. The molecule has 0 aromatic carbocycles. The molecule has 0 aliphatic heterocycles. The van der Waals surface area contributed by atoms with Crippen molar-refractivity contribution in [2.75, 3.05) is 0 Å². The largest absolute Gasteiger partial charge is 0.410 e. The molecule has 42 valence electrons. The van der Waals surface area contributed by atoms with E-state index in [1.807, 2.05) is 0 Å². The molecule has 0 aliphatic carbocycles. The van der Waals surface area contributed by atoms with Gasteiger partial charge in [-0.05, 0) is 0 Å². The normalized spacial score (nSPS) is 12.7. The monoisotopic (exact) mass is 125 g/mol. The Kier molecular flexibility index (Phi) is 2.40. The minimum atomic E-state index is -3.16. The molecule has 0 rings (SSSR count). The fraction of sp³-hybridized carbons (Fsp3) is 0. The Labute approximate surface area is 40.0 Å². The Morgan fingerprint density at radius 1 is 1.86 bits per heavy atom. The SMILES string of the molecule is NC(=O)O[PH](=O)O.